The highest BCUT2D eigenvalue weighted by Crippen LogP contribution is 2.21. The number of sulfonamides is 1. The third-order valence-electron chi connectivity index (χ3n) is 2.79. The van der Waals surface area contributed by atoms with Crippen molar-refractivity contribution in [1.29, 1.82) is 0 Å². The zero-order chi connectivity index (χ0) is 14.8. The molecule has 0 aliphatic heterocycles. The Balaban J connectivity index is 2.26. The van der Waals surface area contributed by atoms with Crippen molar-refractivity contribution < 1.29 is 13.5 Å². The molecule has 0 aliphatic carbocycles. The topological polar surface area (TPSA) is 70.5 Å². The molecule has 0 radical (unpaired) electrons. The lowest BCUT2D eigenvalue weighted by Gasteiger charge is -2.17. The van der Waals surface area contributed by atoms with E-state index in [-0.39, 0.29) is 22.3 Å². The van der Waals surface area contributed by atoms with Crippen LogP contribution >= 0.6 is 11.6 Å². The van der Waals surface area contributed by atoms with Crippen molar-refractivity contribution in [3.63, 3.8) is 0 Å². The summed E-state index contributed by atoms with van der Waals surface area (Å²) in [5, 5.41) is 9.91. The summed E-state index contributed by atoms with van der Waals surface area (Å²) < 4.78 is 25.8. The minimum atomic E-state index is -3.67. The second-order valence-electron chi connectivity index (χ2n) is 4.21. The molecule has 0 saturated heterocycles. The number of phenols is 1. The monoisotopic (exact) mass is 312 g/mol. The second-order valence-corrected chi connectivity index (χ2v) is 6.64. The van der Waals surface area contributed by atoms with Gasteiger partial charge in [-0.3, -0.25) is 0 Å². The average molecular weight is 313 g/mol. The molecule has 1 N–H and O–H groups in total. The summed E-state index contributed by atoms with van der Waals surface area (Å²) in [7, 11) is -2.23. The minimum Gasteiger partial charge on any atom is -0.508 e. The lowest BCUT2D eigenvalue weighted by molar-refractivity contribution is 0.435. The molecule has 2 rings (SSSR count). The molecule has 0 atom stereocenters. The van der Waals surface area contributed by atoms with Gasteiger partial charge in [-0.25, -0.2) is 13.4 Å². The van der Waals surface area contributed by atoms with Crippen LogP contribution in [-0.2, 0) is 16.6 Å². The minimum absolute atomic E-state index is 0.0554. The molecule has 20 heavy (non-hydrogen) atoms. The molecule has 0 spiro atoms. The Bertz CT molecular complexity index is 702. The molecule has 5 nitrogen and oxygen atoms in total. The average Bonchev–Trinajstić information content (AvgIpc) is 2.41. The lowest BCUT2D eigenvalue weighted by atomic mass is 10.2. The van der Waals surface area contributed by atoms with Crippen LogP contribution in [0, 0.1) is 0 Å². The van der Waals surface area contributed by atoms with Gasteiger partial charge in [-0.15, -0.1) is 0 Å². The van der Waals surface area contributed by atoms with E-state index in [1.165, 1.54) is 31.4 Å². The van der Waals surface area contributed by atoms with Gasteiger partial charge in [0, 0.05) is 25.4 Å². The van der Waals surface area contributed by atoms with Crippen LogP contribution in [0.2, 0.25) is 5.15 Å². The van der Waals surface area contributed by atoms with Crippen LogP contribution in [0.5, 0.6) is 5.75 Å². The molecule has 1 aromatic heterocycles. The Labute approximate surface area is 122 Å². The predicted molar refractivity (Wildman–Crippen MR) is 76.0 cm³/mol. The Hall–Kier alpha value is -1.63. The van der Waals surface area contributed by atoms with Gasteiger partial charge < -0.3 is 5.11 Å². The van der Waals surface area contributed by atoms with Crippen molar-refractivity contribution in [1.82, 2.24) is 9.29 Å². The first-order valence-electron chi connectivity index (χ1n) is 5.76. The van der Waals surface area contributed by atoms with Gasteiger partial charge in [0.25, 0.3) is 0 Å². The Morgan fingerprint density at radius 1 is 1.25 bits per heavy atom. The van der Waals surface area contributed by atoms with Gasteiger partial charge in [0.1, 0.15) is 15.8 Å². The largest absolute Gasteiger partial charge is 0.508 e. The van der Waals surface area contributed by atoms with E-state index in [0.717, 1.165) is 4.31 Å². The molecular weight excluding hydrogens is 300 g/mol. The van der Waals surface area contributed by atoms with Crippen LogP contribution in [0.3, 0.4) is 0 Å². The highest BCUT2D eigenvalue weighted by atomic mass is 35.5. The molecule has 0 unspecified atom stereocenters. The van der Waals surface area contributed by atoms with Crippen LogP contribution < -0.4 is 0 Å². The van der Waals surface area contributed by atoms with Crippen molar-refractivity contribution in [2.24, 2.45) is 0 Å². The van der Waals surface area contributed by atoms with Crippen molar-refractivity contribution in [3.8, 4) is 5.75 Å². The second kappa shape index (κ2) is 5.78. The van der Waals surface area contributed by atoms with Crippen molar-refractivity contribution >= 4 is 21.6 Å². The van der Waals surface area contributed by atoms with Gasteiger partial charge in [0.15, 0.2) is 0 Å². The van der Waals surface area contributed by atoms with E-state index in [1.54, 1.807) is 18.2 Å². The molecule has 0 fully saturated rings. The summed E-state index contributed by atoms with van der Waals surface area (Å²) in [6.45, 7) is 0.0671. The molecule has 1 aromatic carbocycles. The third-order valence-corrected chi connectivity index (χ3v) is 4.80. The first-order valence-corrected chi connectivity index (χ1v) is 7.58. The van der Waals surface area contributed by atoms with Crippen molar-refractivity contribution in [3.05, 3.63) is 53.3 Å². The Morgan fingerprint density at radius 2 is 1.95 bits per heavy atom. The quantitative estimate of drug-likeness (QED) is 0.879. The Kier molecular flexibility index (Phi) is 4.27. The maximum Gasteiger partial charge on any atom is 0.244 e. The molecule has 2 aromatic rings. The number of halogens is 1. The van der Waals surface area contributed by atoms with Crippen molar-refractivity contribution in [2.45, 2.75) is 11.4 Å². The highest BCUT2D eigenvalue weighted by Gasteiger charge is 2.22. The number of para-hydroxylation sites is 1. The van der Waals surface area contributed by atoms with Crippen LogP contribution in [-0.4, -0.2) is 29.9 Å². The van der Waals surface area contributed by atoms with E-state index >= 15 is 0 Å². The predicted octanol–water partition coefficient (Wildman–Crippen LogP) is 2.26. The number of nitrogens with zero attached hydrogens (tertiary/aromatic N) is 2. The SMILES string of the molecule is CN(Cc1ccccc1O)S(=O)(=O)c1ccc(Cl)nc1. The molecule has 0 aliphatic rings. The fourth-order valence-electron chi connectivity index (χ4n) is 1.66. The van der Waals surface area contributed by atoms with E-state index in [9.17, 15) is 13.5 Å². The fourth-order valence-corrected chi connectivity index (χ4v) is 2.87. The van der Waals surface area contributed by atoms with Crippen molar-refractivity contribution in [2.75, 3.05) is 7.05 Å². The van der Waals surface area contributed by atoms with E-state index in [0.29, 0.717) is 5.56 Å². The van der Waals surface area contributed by atoms with E-state index in [2.05, 4.69) is 4.98 Å². The molecule has 0 amide bonds. The van der Waals surface area contributed by atoms with Gasteiger partial charge in [0.05, 0.1) is 0 Å². The maximum absolute atomic E-state index is 12.3. The van der Waals surface area contributed by atoms with Gasteiger partial charge in [-0.1, -0.05) is 29.8 Å². The summed E-state index contributed by atoms with van der Waals surface area (Å²) in [5.74, 6) is 0.0591. The first-order chi connectivity index (χ1) is 9.41. The number of hydrogen-bond donors (Lipinski definition) is 1. The standard InChI is InChI=1S/C13H13ClN2O3S/c1-16(9-10-4-2-3-5-12(10)17)20(18,19)11-6-7-13(14)15-8-11/h2-8,17H,9H2,1H3. The van der Waals surface area contributed by atoms with Gasteiger partial charge in [-0.2, -0.15) is 4.31 Å². The summed E-state index contributed by atoms with van der Waals surface area (Å²) >= 11 is 5.64. The summed E-state index contributed by atoms with van der Waals surface area (Å²) in [6.07, 6.45) is 1.21. The van der Waals surface area contributed by atoms with E-state index < -0.39 is 10.0 Å². The third kappa shape index (κ3) is 3.09. The molecule has 0 saturated carbocycles. The smallest absolute Gasteiger partial charge is 0.244 e. The zero-order valence-electron chi connectivity index (χ0n) is 10.7. The number of rotatable bonds is 4. The van der Waals surface area contributed by atoms with Crippen LogP contribution in [0.4, 0.5) is 0 Å². The number of phenolic OH excluding ortho intramolecular Hbond substituents is 1. The van der Waals surface area contributed by atoms with E-state index in [4.69, 9.17) is 11.6 Å². The van der Waals surface area contributed by atoms with E-state index in [1.807, 2.05) is 0 Å². The first kappa shape index (κ1) is 14.8. The summed E-state index contributed by atoms with van der Waals surface area (Å²) in [5.41, 5.74) is 0.528. The van der Waals surface area contributed by atoms with Gasteiger partial charge >= 0.3 is 0 Å². The Morgan fingerprint density at radius 3 is 2.55 bits per heavy atom. The molecular formula is C13H13ClN2O3S. The molecule has 1 heterocycles. The summed E-state index contributed by atoms with van der Waals surface area (Å²) in [6, 6.07) is 9.41. The normalized spacial score (nSPS) is 11.8. The number of hydrogen-bond acceptors (Lipinski definition) is 4. The van der Waals surface area contributed by atoms with Gasteiger partial charge in [0.2, 0.25) is 10.0 Å². The highest BCUT2D eigenvalue weighted by molar-refractivity contribution is 7.89. The number of benzene rings is 1. The molecule has 106 valence electrons. The zero-order valence-corrected chi connectivity index (χ0v) is 12.3. The van der Waals surface area contributed by atoms with Gasteiger partial charge in [-0.05, 0) is 18.2 Å². The maximum atomic E-state index is 12.3. The number of aromatic hydroxyl groups is 1. The summed E-state index contributed by atoms with van der Waals surface area (Å²) in [4.78, 5) is 3.82. The molecule has 0 bridgehead atoms. The van der Waals surface area contributed by atoms with Crippen LogP contribution in [0.15, 0.2) is 47.5 Å². The number of aromatic nitrogens is 1. The molecule has 7 heteroatoms. The van der Waals surface area contributed by atoms with Crippen LogP contribution in [0.25, 0.3) is 0 Å². The fraction of sp³-hybridized carbons (Fsp3) is 0.154. The lowest BCUT2D eigenvalue weighted by Crippen LogP contribution is -2.26. The number of pyridine rings is 1. The van der Waals surface area contributed by atoms with Crippen LogP contribution in [0.1, 0.15) is 5.56 Å².